The highest BCUT2D eigenvalue weighted by Crippen LogP contribution is 2.46. The van der Waals surface area contributed by atoms with Crippen molar-refractivity contribution in [3.63, 3.8) is 0 Å². The summed E-state index contributed by atoms with van der Waals surface area (Å²) in [6, 6.07) is 5.76. The summed E-state index contributed by atoms with van der Waals surface area (Å²) in [5.74, 6) is -1.07. The lowest BCUT2D eigenvalue weighted by atomic mass is 9.97. The van der Waals surface area contributed by atoms with Crippen molar-refractivity contribution in [3.8, 4) is 23.2 Å². The molecule has 2 saturated heterocycles. The summed E-state index contributed by atoms with van der Waals surface area (Å²) in [6.07, 6.45) is 3.14. The third-order valence-corrected chi connectivity index (χ3v) is 9.42. The summed E-state index contributed by atoms with van der Waals surface area (Å²) < 4.78 is 56.6. The number of thiophene rings is 1. The maximum atomic E-state index is 16.8. The standard InChI is InChI=1S/C30H29ClF3N7O2S/c1-15-12-42-13-17(10-35)41(15)29-19-9-21(31)24(18-4-5-22(33)27-23(18)20(11-36)28(37)44-27)25(34)26(19)38-30(39-29)43-14-16-3-2-7-40(16)8-6-32/h4-5,9-10,15-16H,2-3,6-8,12-14,35,37H2,1H3/b17-10+/t15?,16-/m0/s1. The number of fused-ring (bicyclic) bond motifs is 2. The molecule has 0 amide bonds. The van der Waals surface area contributed by atoms with E-state index in [0.717, 1.165) is 30.7 Å². The summed E-state index contributed by atoms with van der Waals surface area (Å²) >= 11 is 7.69. The average Bonchev–Trinajstić information content (AvgIpc) is 3.60. The summed E-state index contributed by atoms with van der Waals surface area (Å²) in [6.45, 7) is 3.26. The van der Waals surface area contributed by atoms with Gasteiger partial charge in [-0.1, -0.05) is 17.7 Å². The molecule has 4 heterocycles. The average molecular weight is 644 g/mol. The molecule has 1 unspecified atom stereocenters. The van der Waals surface area contributed by atoms with Crippen LogP contribution in [-0.2, 0) is 4.74 Å². The predicted molar refractivity (Wildman–Crippen MR) is 166 cm³/mol. The van der Waals surface area contributed by atoms with E-state index in [-0.39, 0.29) is 73.6 Å². The molecule has 2 aliphatic rings. The smallest absolute Gasteiger partial charge is 0.319 e. The van der Waals surface area contributed by atoms with Crippen LogP contribution in [0.3, 0.4) is 0 Å². The molecule has 2 aromatic carbocycles. The van der Waals surface area contributed by atoms with Crippen molar-refractivity contribution in [2.45, 2.75) is 31.8 Å². The number of nitrogens with zero attached hydrogens (tertiary/aromatic N) is 5. The van der Waals surface area contributed by atoms with E-state index in [1.54, 1.807) is 6.07 Å². The van der Waals surface area contributed by atoms with Crippen molar-refractivity contribution in [2.24, 2.45) is 5.73 Å². The van der Waals surface area contributed by atoms with E-state index in [9.17, 15) is 14.0 Å². The minimum Gasteiger partial charge on any atom is -0.462 e. The Bertz CT molecular complexity index is 1830. The number of hydrogen-bond acceptors (Lipinski definition) is 10. The van der Waals surface area contributed by atoms with Crippen molar-refractivity contribution in [3.05, 3.63) is 52.3 Å². The summed E-state index contributed by atoms with van der Waals surface area (Å²) in [7, 11) is 0. The molecule has 9 nitrogen and oxygen atoms in total. The van der Waals surface area contributed by atoms with Gasteiger partial charge < -0.3 is 25.8 Å². The third kappa shape index (κ3) is 5.15. The molecule has 4 aromatic rings. The number of nitrogens with two attached hydrogens (primary N) is 2. The van der Waals surface area contributed by atoms with Gasteiger partial charge in [0.2, 0.25) is 0 Å². The first-order chi connectivity index (χ1) is 21.3. The van der Waals surface area contributed by atoms with Crippen LogP contribution in [0.1, 0.15) is 25.3 Å². The first kappa shape index (κ1) is 30.2. The van der Waals surface area contributed by atoms with Gasteiger partial charge in [0.05, 0.1) is 40.2 Å². The highest BCUT2D eigenvalue weighted by Gasteiger charge is 2.31. The molecule has 2 aromatic heterocycles. The molecule has 14 heteroatoms. The zero-order valence-electron chi connectivity index (χ0n) is 23.7. The Kier molecular flexibility index (Phi) is 8.43. The number of rotatable bonds is 7. The summed E-state index contributed by atoms with van der Waals surface area (Å²) in [4.78, 5) is 13.0. The molecule has 0 aliphatic carbocycles. The molecule has 2 aliphatic heterocycles. The lowest BCUT2D eigenvalue weighted by Crippen LogP contribution is -2.43. The number of alkyl halides is 1. The molecule has 2 atom stereocenters. The van der Waals surface area contributed by atoms with Gasteiger partial charge in [0.25, 0.3) is 0 Å². The highest BCUT2D eigenvalue weighted by molar-refractivity contribution is 7.23. The second-order valence-electron chi connectivity index (χ2n) is 10.7. The van der Waals surface area contributed by atoms with Gasteiger partial charge in [0.15, 0.2) is 5.82 Å². The van der Waals surface area contributed by atoms with Crippen LogP contribution in [0.2, 0.25) is 5.02 Å². The fraction of sp³-hybridized carbons (Fsp3) is 0.367. The van der Waals surface area contributed by atoms with Crippen molar-refractivity contribution in [2.75, 3.05) is 50.2 Å². The van der Waals surface area contributed by atoms with Crippen molar-refractivity contribution in [1.82, 2.24) is 14.9 Å². The minimum atomic E-state index is -0.804. The van der Waals surface area contributed by atoms with Crippen LogP contribution < -0.4 is 21.1 Å². The van der Waals surface area contributed by atoms with Gasteiger partial charge in [0, 0.05) is 35.1 Å². The minimum absolute atomic E-state index is 0.00194. The van der Waals surface area contributed by atoms with Gasteiger partial charge in [-0.25, -0.2) is 13.2 Å². The fourth-order valence-corrected chi connectivity index (χ4v) is 7.30. The molecule has 44 heavy (non-hydrogen) atoms. The van der Waals surface area contributed by atoms with Crippen molar-refractivity contribution in [1.29, 1.82) is 5.26 Å². The topological polar surface area (TPSA) is 127 Å². The highest BCUT2D eigenvalue weighted by atomic mass is 35.5. The molecule has 0 radical (unpaired) electrons. The van der Waals surface area contributed by atoms with Crippen molar-refractivity contribution >= 4 is 54.7 Å². The second-order valence-corrected chi connectivity index (χ2v) is 12.2. The van der Waals surface area contributed by atoms with Crippen LogP contribution in [-0.4, -0.2) is 66.5 Å². The Morgan fingerprint density at radius 3 is 2.89 bits per heavy atom. The Balaban J connectivity index is 1.55. The molecule has 4 N–H and O–H groups in total. The maximum absolute atomic E-state index is 16.8. The number of aromatic nitrogens is 2. The van der Waals surface area contributed by atoms with E-state index >= 15 is 4.39 Å². The largest absolute Gasteiger partial charge is 0.462 e. The summed E-state index contributed by atoms with van der Waals surface area (Å²) in [5, 5.41) is 10.4. The zero-order chi connectivity index (χ0) is 31.1. The van der Waals surface area contributed by atoms with Gasteiger partial charge in [-0.2, -0.15) is 15.2 Å². The number of benzene rings is 2. The Labute approximate surface area is 260 Å². The van der Waals surface area contributed by atoms with Gasteiger partial charge >= 0.3 is 6.01 Å². The SMILES string of the molecule is CC1COC/C(=C\N)N1c1nc(OC[C@@H]2CCCN2CCF)nc2c(F)c(-c3ccc(F)c4sc(N)c(C#N)c34)c(Cl)cc12. The predicted octanol–water partition coefficient (Wildman–Crippen LogP) is 5.73. The zero-order valence-corrected chi connectivity index (χ0v) is 25.3. The van der Waals surface area contributed by atoms with E-state index in [1.807, 2.05) is 22.8 Å². The molecular formula is C30H29ClF3N7O2S. The second kappa shape index (κ2) is 12.3. The molecule has 0 saturated carbocycles. The lowest BCUT2D eigenvalue weighted by Gasteiger charge is -2.36. The Morgan fingerprint density at radius 2 is 2.14 bits per heavy atom. The lowest BCUT2D eigenvalue weighted by molar-refractivity contribution is 0.118. The Morgan fingerprint density at radius 1 is 1.32 bits per heavy atom. The maximum Gasteiger partial charge on any atom is 0.319 e. The number of likely N-dealkylation sites (tertiary alicyclic amines) is 1. The molecular weight excluding hydrogens is 615 g/mol. The first-order valence-corrected chi connectivity index (χ1v) is 15.3. The monoisotopic (exact) mass is 643 g/mol. The van der Waals surface area contributed by atoms with Crippen molar-refractivity contribution < 1.29 is 22.6 Å². The van der Waals surface area contributed by atoms with Gasteiger partial charge in [-0.15, -0.1) is 11.3 Å². The van der Waals surface area contributed by atoms with Crippen LogP contribution in [0.15, 0.2) is 30.1 Å². The van der Waals surface area contributed by atoms with Gasteiger partial charge in [0.1, 0.15) is 41.5 Å². The van der Waals surface area contributed by atoms with E-state index < -0.39 is 18.3 Å². The number of morpholine rings is 1. The molecule has 6 rings (SSSR count). The van der Waals surface area contributed by atoms with Crippen LogP contribution >= 0.6 is 22.9 Å². The van der Waals surface area contributed by atoms with E-state index in [4.69, 9.17) is 37.5 Å². The van der Waals surface area contributed by atoms with E-state index in [2.05, 4.69) is 4.98 Å². The normalized spacial score (nSPS) is 20.2. The number of anilines is 2. The van der Waals surface area contributed by atoms with Gasteiger partial charge in [-0.3, -0.25) is 4.90 Å². The Hall–Kier alpha value is -3.83. The quantitative estimate of drug-likeness (QED) is 0.259. The molecule has 0 bridgehead atoms. The number of ether oxygens (including phenoxy) is 2. The van der Waals surface area contributed by atoms with E-state index in [0.29, 0.717) is 30.1 Å². The number of nitriles is 1. The summed E-state index contributed by atoms with van der Waals surface area (Å²) in [5.41, 5.74) is 12.7. The third-order valence-electron chi connectivity index (χ3n) is 8.10. The number of halogens is 4. The van der Waals surface area contributed by atoms with Crippen LogP contribution in [0.5, 0.6) is 6.01 Å². The van der Waals surface area contributed by atoms with Gasteiger partial charge in [-0.05, 0) is 44.0 Å². The van der Waals surface area contributed by atoms with Crippen LogP contribution in [0.25, 0.3) is 32.1 Å². The molecule has 0 spiro atoms. The van der Waals surface area contributed by atoms with Crippen LogP contribution in [0, 0.1) is 23.0 Å². The first-order valence-electron chi connectivity index (χ1n) is 14.1. The molecule has 2 fully saturated rings. The fourth-order valence-electron chi connectivity index (χ4n) is 6.06. The van der Waals surface area contributed by atoms with Crippen LogP contribution in [0.4, 0.5) is 24.0 Å². The number of nitrogen functional groups attached to an aromatic ring is 1. The molecule has 230 valence electrons. The number of hydrogen-bond donors (Lipinski definition) is 2. The van der Waals surface area contributed by atoms with E-state index in [1.165, 1.54) is 18.3 Å².